The highest BCUT2D eigenvalue weighted by Gasteiger charge is 2.51. The summed E-state index contributed by atoms with van der Waals surface area (Å²) in [5, 5.41) is 2.99. The molecule has 0 aromatic rings. The number of nitrogens with zero attached hydrogens (tertiary/aromatic N) is 1. The van der Waals surface area contributed by atoms with Crippen LogP contribution in [0.25, 0.3) is 0 Å². The molecule has 114 valence electrons. The molecular weight excluding hydrogens is 252 g/mol. The first-order chi connectivity index (χ1) is 9.38. The van der Waals surface area contributed by atoms with Gasteiger partial charge in [0.15, 0.2) is 0 Å². The quantitative estimate of drug-likeness (QED) is 0.840. The van der Waals surface area contributed by atoms with E-state index < -0.39 is 5.54 Å². The molecule has 2 aliphatic rings. The standard InChI is InChI=1S/C16H28N2O2/c1-5-11(2)10-12(3)18-9-8-14(19)17-16(4,15(18)20)13-6-7-13/h11-13H,5-10H2,1-4H3,(H,17,19). The molecule has 20 heavy (non-hydrogen) atoms. The molecule has 2 rings (SSSR count). The van der Waals surface area contributed by atoms with Crippen molar-refractivity contribution in [2.45, 2.75) is 71.4 Å². The highest BCUT2D eigenvalue weighted by Crippen LogP contribution is 2.41. The predicted molar refractivity (Wildman–Crippen MR) is 79.1 cm³/mol. The first kappa shape index (κ1) is 15.3. The van der Waals surface area contributed by atoms with E-state index >= 15 is 0 Å². The fourth-order valence-electron chi connectivity index (χ4n) is 3.26. The van der Waals surface area contributed by atoms with Crippen LogP contribution in [-0.4, -0.2) is 34.8 Å². The van der Waals surface area contributed by atoms with Crippen molar-refractivity contribution in [1.82, 2.24) is 10.2 Å². The van der Waals surface area contributed by atoms with E-state index in [1.54, 1.807) is 0 Å². The summed E-state index contributed by atoms with van der Waals surface area (Å²) in [6.07, 6.45) is 4.67. The van der Waals surface area contributed by atoms with Gasteiger partial charge in [-0.2, -0.15) is 0 Å². The molecule has 0 bridgehead atoms. The lowest BCUT2D eigenvalue weighted by molar-refractivity contribution is -0.141. The molecule has 1 aliphatic heterocycles. The van der Waals surface area contributed by atoms with E-state index in [1.165, 1.54) is 0 Å². The molecule has 1 saturated heterocycles. The zero-order valence-electron chi connectivity index (χ0n) is 13.2. The largest absolute Gasteiger partial charge is 0.342 e. The highest BCUT2D eigenvalue weighted by atomic mass is 16.2. The molecule has 2 amide bonds. The van der Waals surface area contributed by atoms with Crippen LogP contribution in [0, 0.1) is 11.8 Å². The molecule has 0 spiro atoms. The van der Waals surface area contributed by atoms with E-state index in [0.717, 1.165) is 25.7 Å². The van der Waals surface area contributed by atoms with Crippen molar-refractivity contribution < 1.29 is 9.59 Å². The Morgan fingerprint density at radius 1 is 1.35 bits per heavy atom. The Morgan fingerprint density at radius 3 is 2.55 bits per heavy atom. The molecule has 1 heterocycles. The second-order valence-corrected chi connectivity index (χ2v) is 6.87. The van der Waals surface area contributed by atoms with E-state index in [2.05, 4.69) is 26.1 Å². The zero-order chi connectivity index (χ0) is 14.9. The molecule has 1 saturated carbocycles. The van der Waals surface area contributed by atoms with Crippen LogP contribution in [0.5, 0.6) is 0 Å². The normalized spacial score (nSPS) is 30.7. The maximum absolute atomic E-state index is 12.9. The van der Waals surface area contributed by atoms with E-state index in [0.29, 0.717) is 24.8 Å². The van der Waals surface area contributed by atoms with Gasteiger partial charge in [-0.05, 0) is 44.9 Å². The molecule has 3 unspecified atom stereocenters. The van der Waals surface area contributed by atoms with Crippen LogP contribution in [0.1, 0.15) is 59.8 Å². The average Bonchev–Trinajstić information content (AvgIpc) is 3.22. The van der Waals surface area contributed by atoms with Crippen molar-refractivity contribution in [3.8, 4) is 0 Å². The first-order valence-electron chi connectivity index (χ1n) is 8.00. The first-order valence-corrected chi connectivity index (χ1v) is 8.00. The Kier molecular flexibility index (Phi) is 4.40. The highest BCUT2D eigenvalue weighted by molar-refractivity contribution is 5.94. The van der Waals surface area contributed by atoms with Gasteiger partial charge in [0.2, 0.25) is 11.8 Å². The summed E-state index contributed by atoms with van der Waals surface area (Å²) in [4.78, 5) is 26.8. The molecular formula is C16H28N2O2. The second kappa shape index (κ2) is 5.74. The van der Waals surface area contributed by atoms with Gasteiger partial charge in [0, 0.05) is 19.0 Å². The van der Waals surface area contributed by atoms with Crippen LogP contribution in [0.4, 0.5) is 0 Å². The monoisotopic (exact) mass is 280 g/mol. The summed E-state index contributed by atoms with van der Waals surface area (Å²) in [6, 6.07) is 0.211. The number of hydrogen-bond acceptors (Lipinski definition) is 2. The van der Waals surface area contributed by atoms with Crippen molar-refractivity contribution in [2.24, 2.45) is 11.8 Å². The van der Waals surface area contributed by atoms with Crippen LogP contribution in [0.2, 0.25) is 0 Å². The lowest BCUT2D eigenvalue weighted by Crippen LogP contribution is -2.58. The van der Waals surface area contributed by atoms with Gasteiger partial charge >= 0.3 is 0 Å². The van der Waals surface area contributed by atoms with Crippen molar-refractivity contribution >= 4 is 11.8 Å². The Labute approximate surface area is 122 Å². The van der Waals surface area contributed by atoms with Gasteiger partial charge < -0.3 is 10.2 Å². The summed E-state index contributed by atoms with van der Waals surface area (Å²) in [7, 11) is 0. The van der Waals surface area contributed by atoms with Gasteiger partial charge in [0.1, 0.15) is 5.54 Å². The van der Waals surface area contributed by atoms with Crippen LogP contribution < -0.4 is 5.32 Å². The van der Waals surface area contributed by atoms with Crippen LogP contribution in [0.3, 0.4) is 0 Å². The smallest absolute Gasteiger partial charge is 0.248 e. The topological polar surface area (TPSA) is 49.4 Å². The number of rotatable bonds is 5. The minimum atomic E-state index is -0.669. The van der Waals surface area contributed by atoms with Crippen LogP contribution in [0.15, 0.2) is 0 Å². The third kappa shape index (κ3) is 2.99. The number of carbonyl (C=O) groups is 2. The van der Waals surface area contributed by atoms with Gasteiger partial charge in [-0.1, -0.05) is 20.3 Å². The molecule has 0 aromatic carbocycles. The molecule has 0 radical (unpaired) electrons. The van der Waals surface area contributed by atoms with Crippen molar-refractivity contribution in [2.75, 3.05) is 6.54 Å². The fraction of sp³-hybridized carbons (Fsp3) is 0.875. The summed E-state index contributed by atoms with van der Waals surface area (Å²) in [5.74, 6) is 1.08. The molecule has 4 nitrogen and oxygen atoms in total. The lowest BCUT2D eigenvalue weighted by atomic mass is 9.92. The summed E-state index contributed by atoms with van der Waals surface area (Å²) in [5.41, 5.74) is -0.669. The number of nitrogens with one attached hydrogen (secondary N) is 1. The fourth-order valence-corrected chi connectivity index (χ4v) is 3.26. The minimum Gasteiger partial charge on any atom is -0.342 e. The van der Waals surface area contributed by atoms with Gasteiger partial charge in [0.25, 0.3) is 0 Å². The van der Waals surface area contributed by atoms with Gasteiger partial charge in [-0.25, -0.2) is 0 Å². The Hall–Kier alpha value is -1.06. The van der Waals surface area contributed by atoms with Crippen LogP contribution in [-0.2, 0) is 9.59 Å². The summed E-state index contributed by atoms with van der Waals surface area (Å²) < 4.78 is 0. The third-order valence-electron chi connectivity index (χ3n) is 5.05. The molecule has 1 aliphatic carbocycles. The summed E-state index contributed by atoms with van der Waals surface area (Å²) in [6.45, 7) is 9.00. The van der Waals surface area contributed by atoms with Crippen molar-refractivity contribution in [3.05, 3.63) is 0 Å². The minimum absolute atomic E-state index is 0.0194. The SMILES string of the molecule is CCC(C)CC(C)N1CCC(=O)NC(C)(C2CC2)C1=O. The number of carbonyl (C=O) groups excluding carboxylic acids is 2. The van der Waals surface area contributed by atoms with Crippen molar-refractivity contribution in [3.63, 3.8) is 0 Å². The molecule has 4 heteroatoms. The maximum atomic E-state index is 12.9. The molecule has 2 fully saturated rings. The average molecular weight is 280 g/mol. The lowest BCUT2D eigenvalue weighted by Gasteiger charge is -2.36. The molecule has 1 N–H and O–H groups in total. The summed E-state index contributed by atoms with van der Waals surface area (Å²) >= 11 is 0. The predicted octanol–water partition coefficient (Wildman–Crippen LogP) is 2.33. The Balaban J connectivity index is 2.15. The van der Waals surface area contributed by atoms with E-state index in [1.807, 2.05) is 11.8 Å². The molecule has 0 aromatic heterocycles. The van der Waals surface area contributed by atoms with Gasteiger partial charge in [0.05, 0.1) is 0 Å². The van der Waals surface area contributed by atoms with Crippen LogP contribution >= 0.6 is 0 Å². The van der Waals surface area contributed by atoms with Gasteiger partial charge in [-0.3, -0.25) is 9.59 Å². The second-order valence-electron chi connectivity index (χ2n) is 6.87. The van der Waals surface area contributed by atoms with E-state index in [9.17, 15) is 9.59 Å². The number of hydrogen-bond donors (Lipinski definition) is 1. The zero-order valence-corrected chi connectivity index (χ0v) is 13.2. The van der Waals surface area contributed by atoms with Gasteiger partial charge in [-0.15, -0.1) is 0 Å². The number of amides is 2. The Bertz CT molecular complexity index is 392. The third-order valence-corrected chi connectivity index (χ3v) is 5.05. The Morgan fingerprint density at radius 2 is 2.00 bits per heavy atom. The van der Waals surface area contributed by atoms with E-state index in [-0.39, 0.29) is 17.9 Å². The molecule has 3 atom stereocenters. The maximum Gasteiger partial charge on any atom is 0.248 e. The van der Waals surface area contributed by atoms with E-state index in [4.69, 9.17) is 0 Å². The van der Waals surface area contributed by atoms with Crippen molar-refractivity contribution in [1.29, 1.82) is 0 Å².